The molecule has 1 heterocycles. The molecule has 106 valence electrons. The number of carbonyl (C=O) groups is 2. The Morgan fingerprint density at radius 1 is 1.05 bits per heavy atom. The molecule has 1 aliphatic heterocycles. The summed E-state index contributed by atoms with van der Waals surface area (Å²) >= 11 is 0. The van der Waals surface area contributed by atoms with Crippen LogP contribution in [-0.4, -0.2) is 17.9 Å². The molecular formula is C16H15N3O2. The maximum absolute atomic E-state index is 12.3. The molecule has 0 fully saturated rings. The largest absolute Gasteiger partial charge is 0.399 e. The van der Waals surface area contributed by atoms with Gasteiger partial charge in [0.05, 0.1) is 11.3 Å². The Bertz CT molecular complexity index is 698. The first-order valence-electron chi connectivity index (χ1n) is 6.68. The molecular weight excluding hydrogens is 266 g/mol. The number of hydrogen-bond donors (Lipinski definition) is 3. The molecule has 0 aromatic heterocycles. The molecule has 4 N–H and O–H groups in total. The van der Waals surface area contributed by atoms with E-state index in [1.54, 1.807) is 18.2 Å². The fourth-order valence-electron chi connectivity index (χ4n) is 2.37. The number of anilines is 2. The molecule has 0 unspecified atom stereocenters. The van der Waals surface area contributed by atoms with Gasteiger partial charge in [-0.05, 0) is 23.8 Å². The summed E-state index contributed by atoms with van der Waals surface area (Å²) in [7, 11) is 0. The van der Waals surface area contributed by atoms with Gasteiger partial charge in [-0.2, -0.15) is 0 Å². The normalized spacial score (nSPS) is 17.4. The Kier molecular flexibility index (Phi) is 3.31. The van der Waals surface area contributed by atoms with Crippen LogP contribution in [0.4, 0.5) is 11.4 Å². The third-order valence-corrected chi connectivity index (χ3v) is 3.45. The van der Waals surface area contributed by atoms with Crippen molar-refractivity contribution in [1.82, 2.24) is 5.32 Å². The van der Waals surface area contributed by atoms with Crippen molar-refractivity contribution in [2.24, 2.45) is 0 Å². The summed E-state index contributed by atoms with van der Waals surface area (Å²) in [6.07, 6.45) is 0.446. The van der Waals surface area contributed by atoms with E-state index in [1.165, 1.54) is 0 Å². The van der Waals surface area contributed by atoms with Crippen molar-refractivity contribution < 1.29 is 9.59 Å². The predicted molar refractivity (Wildman–Crippen MR) is 80.9 cm³/mol. The molecule has 21 heavy (non-hydrogen) atoms. The zero-order chi connectivity index (χ0) is 14.8. The van der Waals surface area contributed by atoms with Crippen LogP contribution in [0.2, 0.25) is 0 Å². The van der Waals surface area contributed by atoms with Crippen LogP contribution in [0.25, 0.3) is 0 Å². The summed E-state index contributed by atoms with van der Waals surface area (Å²) in [6, 6.07) is 13.8. The Labute approximate surface area is 122 Å². The van der Waals surface area contributed by atoms with Crippen LogP contribution < -0.4 is 16.4 Å². The summed E-state index contributed by atoms with van der Waals surface area (Å²) in [5.41, 5.74) is 8.05. The lowest BCUT2D eigenvalue weighted by atomic mass is 10.1. The quantitative estimate of drug-likeness (QED) is 0.730. The Morgan fingerprint density at radius 2 is 1.81 bits per heavy atom. The van der Waals surface area contributed by atoms with Gasteiger partial charge in [0.15, 0.2) is 0 Å². The van der Waals surface area contributed by atoms with Crippen LogP contribution >= 0.6 is 0 Å². The summed E-state index contributed by atoms with van der Waals surface area (Å²) in [5, 5.41) is 5.53. The van der Waals surface area contributed by atoms with Gasteiger partial charge in [0.1, 0.15) is 6.04 Å². The summed E-state index contributed by atoms with van der Waals surface area (Å²) in [4.78, 5) is 24.5. The number of nitrogens with one attached hydrogen (secondary N) is 2. The smallest absolute Gasteiger partial charge is 0.254 e. The van der Waals surface area contributed by atoms with Crippen LogP contribution in [0.3, 0.4) is 0 Å². The first kappa shape index (κ1) is 13.2. The monoisotopic (exact) mass is 281 g/mol. The van der Waals surface area contributed by atoms with Crippen molar-refractivity contribution in [1.29, 1.82) is 0 Å². The van der Waals surface area contributed by atoms with Crippen LogP contribution in [-0.2, 0) is 11.2 Å². The first-order chi connectivity index (χ1) is 10.1. The van der Waals surface area contributed by atoms with Gasteiger partial charge in [-0.1, -0.05) is 30.3 Å². The Balaban J connectivity index is 1.87. The van der Waals surface area contributed by atoms with E-state index in [4.69, 9.17) is 5.73 Å². The Morgan fingerprint density at radius 3 is 2.57 bits per heavy atom. The number of hydrogen-bond acceptors (Lipinski definition) is 3. The zero-order valence-electron chi connectivity index (χ0n) is 11.3. The molecule has 2 aromatic rings. The van der Waals surface area contributed by atoms with Gasteiger partial charge in [0.2, 0.25) is 5.91 Å². The molecule has 2 amide bonds. The van der Waals surface area contributed by atoms with E-state index in [-0.39, 0.29) is 11.8 Å². The van der Waals surface area contributed by atoms with E-state index >= 15 is 0 Å². The first-order valence-corrected chi connectivity index (χ1v) is 6.68. The lowest BCUT2D eigenvalue weighted by molar-refractivity contribution is -0.117. The van der Waals surface area contributed by atoms with Crippen LogP contribution in [0.5, 0.6) is 0 Å². The molecule has 1 atom stereocenters. The summed E-state index contributed by atoms with van der Waals surface area (Å²) in [6.45, 7) is 0. The number of nitrogens with two attached hydrogens (primary N) is 1. The lowest BCUT2D eigenvalue weighted by Gasteiger charge is -2.14. The maximum Gasteiger partial charge on any atom is 0.254 e. The molecule has 0 bridgehead atoms. The molecule has 0 spiro atoms. The van der Waals surface area contributed by atoms with E-state index in [9.17, 15) is 9.59 Å². The minimum absolute atomic E-state index is 0.226. The Hall–Kier alpha value is -2.82. The molecule has 0 aliphatic carbocycles. The second-order valence-electron chi connectivity index (χ2n) is 5.01. The topological polar surface area (TPSA) is 84.2 Å². The number of fused-ring (bicyclic) bond motifs is 1. The highest BCUT2D eigenvalue weighted by Gasteiger charge is 2.27. The van der Waals surface area contributed by atoms with Crippen molar-refractivity contribution >= 4 is 23.2 Å². The van der Waals surface area contributed by atoms with E-state index < -0.39 is 6.04 Å². The SMILES string of the molecule is Nc1ccc2c(c1)C(=O)N[C@@H](Cc1ccccc1)C(=O)N2. The van der Waals surface area contributed by atoms with Gasteiger partial charge in [0, 0.05) is 12.1 Å². The van der Waals surface area contributed by atoms with Gasteiger partial charge in [0.25, 0.3) is 5.91 Å². The van der Waals surface area contributed by atoms with Gasteiger partial charge in [-0.3, -0.25) is 9.59 Å². The molecule has 0 radical (unpaired) electrons. The van der Waals surface area contributed by atoms with Crippen LogP contribution in [0.1, 0.15) is 15.9 Å². The third kappa shape index (κ3) is 2.72. The van der Waals surface area contributed by atoms with Gasteiger partial charge in [-0.25, -0.2) is 0 Å². The third-order valence-electron chi connectivity index (χ3n) is 3.45. The average molecular weight is 281 g/mol. The molecule has 0 saturated heterocycles. The lowest BCUT2D eigenvalue weighted by Crippen LogP contribution is -2.42. The maximum atomic E-state index is 12.3. The van der Waals surface area contributed by atoms with E-state index in [0.29, 0.717) is 23.4 Å². The van der Waals surface area contributed by atoms with Crippen molar-refractivity contribution in [3.63, 3.8) is 0 Å². The van der Waals surface area contributed by atoms with Gasteiger partial charge >= 0.3 is 0 Å². The number of nitrogen functional groups attached to an aromatic ring is 1. The minimum atomic E-state index is -0.603. The predicted octanol–water partition coefficient (Wildman–Crippen LogP) is 1.56. The molecule has 2 aromatic carbocycles. The number of amides is 2. The fraction of sp³-hybridized carbons (Fsp3) is 0.125. The highest BCUT2D eigenvalue weighted by Crippen LogP contribution is 2.22. The fourth-order valence-corrected chi connectivity index (χ4v) is 2.37. The highest BCUT2D eigenvalue weighted by molar-refractivity contribution is 6.10. The number of benzene rings is 2. The number of rotatable bonds is 2. The van der Waals surface area contributed by atoms with Crippen molar-refractivity contribution in [3.8, 4) is 0 Å². The summed E-state index contributed by atoms with van der Waals surface area (Å²) < 4.78 is 0. The molecule has 5 nitrogen and oxygen atoms in total. The standard InChI is InChI=1S/C16H15N3O2/c17-11-6-7-13-12(9-11)15(20)19-14(16(21)18-13)8-10-4-2-1-3-5-10/h1-7,9,14H,8,17H2,(H,18,21)(H,19,20)/t14-/m0/s1. The van der Waals surface area contributed by atoms with E-state index in [2.05, 4.69) is 10.6 Å². The molecule has 0 saturated carbocycles. The average Bonchev–Trinajstić information content (AvgIpc) is 2.59. The van der Waals surface area contributed by atoms with Crippen LogP contribution in [0, 0.1) is 0 Å². The zero-order valence-corrected chi connectivity index (χ0v) is 11.3. The second kappa shape index (κ2) is 5.28. The van der Waals surface area contributed by atoms with Gasteiger partial charge in [-0.15, -0.1) is 0 Å². The summed E-state index contributed by atoms with van der Waals surface area (Å²) in [5.74, 6) is -0.521. The minimum Gasteiger partial charge on any atom is -0.399 e. The molecule has 5 heteroatoms. The second-order valence-corrected chi connectivity index (χ2v) is 5.01. The van der Waals surface area contributed by atoms with Crippen molar-refractivity contribution in [3.05, 3.63) is 59.7 Å². The van der Waals surface area contributed by atoms with Gasteiger partial charge < -0.3 is 16.4 Å². The molecule has 3 rings (SSSR count). The van der Waals surface area contributed by atoms with Crippen molar-refractivity contribution in [2.75, 3.05) is 11.1 Å². The number of carbonyl (C=O) groups excluding carboxylic acids is 2. The molecule has 1 aliphatic rings. The highest BCUT2D eigenvalue weighted by atomic mass is 16.2. The van der Waals surface area contributed by atoms with Crippen LogP contribution in [0.15, 0.2) is 48.5 Å². The van der Waals surface area contributed by atoms with E-state index in [1.807, 2.05) is 30.3 Å². The van der Waals surface area contributed by atoms with E-state index in [0.717, 1.165) is 5.56 Å². The van der Waals surface area contributed by atoms with Crippen molar-refractivity contribution in [2.45, 2.75) is 12.5 Å².